The van der Waals surface area contributed by atoms with Gasteiger partial charge in [0.1, 0.15) is 5.03 Å². The zero-order chi connectivity index (χ0) is 12.8. The van der Waals surface area contributed by atoms with Crippen molar-refractivity contribution in [2.75, 3.05) is 5.75 Å². The van der Waals surface area contributed by atoms with Gasteiger partial charge in [0.05, 0.1) is 11.4 Å². The van der Waals surface area contributed by atoms with E-state index in [1.165, 1.54) is 16.8 Å². The van der Waals surface area contributed by atoms with E-state index in [1.54, 1.807) is 11.8 Å². The van der Waals surface area contributed by atoms with Gasteiger partial charge >= 0.3 is 0 Å². The second-order valence-corrected chi connectivity index (χ2v) is 5.90. The molecule has 0 fully saturated rings. The molecular formula is C15H13N3S. The summed E-state index contributed by atoms with van der Waals surface area (Å²) in [6, 6.07) is 12.6. The molecule has 0 unspecified atom stereocenters. The summed E-state index contributed by atoms with van der Waals surface area (Å²) < 4.78 is 2.01. The molecule has 19 heavy (non-hydrogen) atoms. The first-order valence-electron chi connectivity index (χ1n) is 6.46. The van der Waals surface area contributed by atoms with Crippen LogP contribution in [0.5, 0.6) is 0 Å². The molecule has 0 aliphatic heterocycles. The van der Waals surface area contributed by atoms with Gasteiger partial charge in [0.2, 0.25) is 0 Å². The Morgan fingerprint density at radius 2 is 2.11 bits per heavy atom. The molecular weight excluding hydrogens is 254 g/mol. The van der Waals surface area contributed by atoms with E-state index in [0.29, 0.717) is 0 Å². The fourth-order valence-electron chi connectivity index (χ4n) is 2.65. The third-order valence-corrected chi connectivity index (χ3v) is 4.27. The van der Waals surface area contributed by atoms with E-state index in [4.69, 9.17) is 10.1 Å². The van der Waals surface area contributed by atoms with Crippen LogP contribution in [0.25, 0.3) is 16.9 Å². The number of fused-ring (bicyclic) bond motifs is 5. The third-order valence-electron chi connectivity index (χ3n) is 3.47. The van der Waals surface area contributed by atoms with E-state index >= 15 is 0 Å². The fraction of sp³-hybridized carbons (Fsp3) is 0.200. The number of aromatic nitrogens is 3. The van der Waals surface area contributed by atoms with Crippen LogP contribution >= 0.6 is 11.8 Å². The molecule has 0 spiro atoms. The van der Waals surface area contributed by atoms with E-state index in [0.717, 1.165) is 28.5 Å². The van der Waals surface area contributed by atoms with Gasteiger partial charge in [0, 0.05) is 12.0 Å². The van der Waals surface area contributed by atoms with E-state index in [1.807, 2.05) is 4.52 Å². The summed E-state index contributed by atoms with van der Waals surface area (Å²) in [6.45, 7) is 2.14. The molecule has 0 radical (unpaired) electrons. The SMILES string of the molecule is CCSc1ccc2nc3c(n2n1)Cc1ccccc1-3. The predicted octanol–water partition coefficient (Wildman–Crippen LogP) is 3.41. The largest absolute Gasteiger partial charge is 0.227 e. The van der Waals surface area contributed by atoms with Crippen LogP contribution in [0.2, 0.25) is 0 Å². The summed E-state index contributed by atoms with van der Waals surface area (Å²) in [4.78, 5) is 4.73. The van der Waals surface area contributed by atoms with Gasteiger partial charge in [-0.3, -0.25) is 0 Å². The van der Waals surface area contributed by atoms with E-state index in [-0.39, 0.29) is 0 Å². The number of imidazole rings is 1. The van der Waals surface area contributed by atoms with Crippen molar-refractivity contribution in [2.45, 2.75) is 18.4 Å². The Kier molecular flexibility index (Phi) is 2.38. The molecule has 2 heterocycles. The second kappa shape index (κ2) is 4.10. The Morgan fingerprint density at radius 3 is 3.00 bits per heavy atom. The van der Waals surface area contributed by atoms with Crippen molar-refractivity contribution in [1.29, 1.82) is 0 Å². The first-order valence-corrected chi connectivity index (χ1v) is 7.45. The average molecular weight is 267 g/mol. The molecule has 0 bridgehead atoms. The molecule has 0 saturated heterocycles. The molecule has 0 atom stereocenters. The molecule has 2 aromatic heterocycles. The smallest absolute Gasteiger partial charge is 0.154 e. The maximum atomic E-state index is 4.73. The van der Waals surface area contributed by atoms with Crippen LogP contribution < -0.4 is 0 Å². The van der Waals surface area contributed by atoms with Crippen LogP contribution in [-0.4, -0.2) is 20.4 Å². The van der Waals surface area contributed by atoms with Crippen LogP contribution in [-0.2, 0) is 6.42 Å². The van der Waals surface area contributed by atoms with Gasteiger partial charge in [-0.25, -0.2) is 9.50 Å². The Balaban J connectivity index is 1.94. The minimum Gasteiger partial charge on any atom is -0.227 e. The third kappa shape index (κ3) is 1.60. The minimum atomic E-state index is 0.930. The van der Waals surface area contributed by atoms with Crippen molar-refractivity contribution in [2.24, 2.45) is 0 Å². The molecule has 3 nitrogen and oxygen atoms in total. The lowest BCUT2D eigenvalue weighted by Crippen LogP contribution is -1.98. The van der Waals surface area contributed by atoms with Crippen LogP contribution in [0, 0.1) is 0 Å². The summed E-state index contributed by atoms with van der Waals surface area (Å²) in [5, 5.41) is 5.76. The van der Waals surface area contributed by atoms with Gasteiger partial charge in [0.25, 0.3) is 0 Å². The number of benzene rings is 1. The highest BCUT2D eigenvalue weighted by Crippen LogP contribution is 2.36. The molecule has 0 saturated carbocycles. The lowest BCUT2D eigenvalue weighted by Gasteiger charge is -2.01. The highest BCUT2D eigenvalue weighted by Gasteiger charge is 2.24. The molecule has 0 amide bonds. The number of hydrogen-bond acceptors (Lipinski definition) is 3. The number of thioether (sulfide) groups is 1. The lowest BCUT2D eigenvalue weighted by molar-refractivity contribution is 0.820. The van der Waals surface area contributed by atoms with Crippen LogP contribution in [0.1, 0.15) is 18.2 Å². The van der Waals surface area contributed by atoms with Crippen LogP contribution in [0.3, 0.4) is 0 Å². The molecule has 1 aliphatic rings. The molecule has 4 rings (SSSR count). The predicted molar refractivity (Wildman–Crippen MR) is 77.6 cm³/mol. The van der Waals surface area contributed by atoms with Gasteiger partial charge in [-0.15, -0.1) is 11.8 Å². The Morgan fingerprint density at radius 1 is 1.21 bits per heavy atom. The molecule has 4 heteroatoms. The monoisotopic (exact) mass is 267 g/mol. The van der Waals surface area contributed by atoms with Gasteiger partial charge in [-0.1, -0.05) is 31.2 Å². The van der Waals surface area contributed by atoms with Gasteiger partial charge in [-0.05, 0) is 23.4 Å². The minimum absolute atomic E-state index is 0.930. The molecule has 94 valence electrons. The number of rotatable bonds is 2. The molecule has 1 aliphatic carbocycles. The Hall–Kier alpha value is -1.81. The summed E-state index contributed by atoms with van der Waals surface area (Å²) in [6.07, 6.45) is 0.930. The Bertz CT molecular complexity index is 776. The van der Waals surface area contributed by atoms with Crippen LogP contribution in [0.4, 0.5) is 0 Å². The van der Waals surface area contributed by atoms with E-state index in [2.05, 4.69) is 43.3 Å². The summed E-state index contributed by atoms with van der Waals surface area (Å²) >= 11 is 1.76. The quantitative estimate of drug-likeness (QED) is 0.521. The number of hydrogen-bond donors (Lipinski definition) is 0. The normalized spacial score (nSPS) is 12.7. The molecule has 3 aromatic rings. The first kappa shape index (κ1) is 11.1. The number of nitrogens with zero attached hydrogens (tertiary/aromatic N) is 3. The van der Waals surface area contributed by atoms with Crippen molar-refractivity contribution < 1.29 is 0 Å². The fourth-order valence-corrected chi connectivity index (χ4v) is 3.25. The van der Waals surface area contributed by atoms with Gasteiger partial charge in [-0.2, -0.15) is 5.10 Å². The molecule has 1 aromatic carbocycles. The topological polar surface area (TPSA) is 30.2 Å². The van der Waals surface area contributed by atoms with Gasteiger partial charge in [0.15, 0.2) is 5.65 Å². The maximum absolute atomic E-state index is 4.73. The zero-order valence-corrected chi connectivity index (χ0v) is 11.4. The summed E-state index contributed by atoms with van der Waals surface area (Å²) in [5.41, 5.74) is 5.87. The van der Waals surface area contributed by atoms with Crippen LogP contribution in [0.15, 0.2) is 41.4 Å². The zero-order valence-electron chi connectivity index (χ0n) is 10.6. The van der Waals surface area contributed by atoms with E-state index in [9.17, 15) is 0 Å². The van der Waals surface area contributed by atoms with Crippen molar-refractivity contribution >= 4 is 17.4 Å². The Labute approximate surface area is 115 Å². The highest BCUT2D eigenvalue weighted by molar-refractivity contribution is 7.99. The van der Waals surface area contributed by atoms with Gasteiger partial charge < -0.3 is 0 Å². The summed E-state index contributed by atoms with van der Waals surface area (Å²) in [7, 11) is 0. The lowest BCUT2D eigenvalue weighted by atomic mass is 10.1. The highest BCUT2D eigenvalue weighted by atomic mass is 32.2. The first-order chi connectivity index (χ1) is 9.36. The average Bonchev–Trinajstić information content (AvgIpc) is 2.95. The maximum Gasteiger partial charge on any atom is 0.154 e. The standard InChI is InChI=1S/C15H13N3S/c1-2-19-14-8-7-13-16-15-11-6-4-3-5-10(11)9-12(15)18(13)17-14/h3-8H,2,9H2,1H3. The van der Waals surface area contributed by atoms with E-state index < -0.39 is 0 Å². The van der Waals surface area contributed by atoms with Crippen molar-refractivity contribution in [3.8, 4) is 11.3 Å². The van der Waals surface area contributed by atoms with Crippen molar-refractivity contribution in [3.05, 3.63) is 47.7 Å². The summed E-state index contributed by atoms with van der Waals surface area (Å²) in [5.74, 6) is 1.04. The van der Waals surface area contributed by atoms with Crippen molar-refractivity contribution in [3.63, 3.8) is 0 Å². The van der Waals surface area contributed by atoms with Crippen molar-refractivity contribution in [1.82, 2.24) is 14.6 Å². The molecule has 0 N–H and O–H groups in total. The second-order valence-electron chi connectivity index (χ2n) is 4.62.